The molecule has 0 amide bonds. The second-order valence-electron chi connectivity index (χ2n) is 4.42. The zero-order valence-corrected chi connectivity index (χ0v) is 8.78. The predicted octanol–water partition coefficient (Wildman–Crippen LogP) is 2.04. The number of aliphatic carboxylic acids is 1. The molecular formula is C11H20O3. The minimum atomic E-state index is -0.653. The van der Waals surface area contributed by atoms with Crippen molar-refractivity contribution < 1.29 is 15.0 Å². The summed E-state index contributed by atoms with van der Waals surface area (Å²) in [6.07, 6.45) is 5.31. The summed E-state index contributed by atoms with van der Waals surface area (Å²) in [4.78, 5) is 10.9. The van der Waals surface area contributed by atoms with Crippen LogP contribution in [0, 0.1) is 11.8 Å². The van der Waals surface area contributed by atoms with Gasteiger partial charge in [0, 0.05) is 0 Å². The van der Waals surface area contributed by atoms with Gasteiger partial charge >= 0.3 is 5.97 Å². The van der Waals surface area contributed by atoms with Crippen LogP contribution in [-0.4, -0.2) is 22.3 Å². The van der Waals surface area contributed by atoms with Crippen LogP contribution in [0.3, 0.4) is 0 Å². The molecular weight excluding hydrogens is 180 g/mol. The molecule has 1 saturated carbocycles. The SMILES string of the molecule is CC(O)CCC1CCCCC1C(=O)O. The largest absolute Gasteiger partial charge is 0.481 e. The number of aliphatic hydroxyl groups is 1. The van der Waals surface area contributed by atoms with Gasteiger partial charge in [-0.15, -0.1) is 0 Å². The molecule has 0 aromatic heterocycles. The lowest BCUT2D eigenvalue weighted by molar-refractivity contribution is -0.145. The van der Waals surface area contributed by atoms with Gasteiger partial charge in [-0.3, -0.25) is 4.79 Å². The van der Waals surface area contributed by atoms with E-state index in [2.05, 4.69) is 0 Å². The maximum Gasteiger partial charge on any atom is 0.306 e. The van der Waals surface area contributed by atoms with E-state index >= 15 is 0 Å². The molecule has 1 aliphatic carbocycles. The van der Waals surface area contributed by atoms with Crippen molar-refractivity contribution in [1.29, 1.82) is 0 Å². The van der Waals surface area contributed by atoms with Crippen LogP contribution in [0.15, 0.2) is 0 Å². The lowest BCUT2D eigenvalue weighted by atomic mass is 9.76. The molecule has 1 rings (SSSR count). The summed E-state index contributed by atoms with van der Waals surface area (Å²) < 4.78 is 0. The molecule has 0 heterocycles. The van der Waals surface area contributed by atoms with Crippen molar-refractivity contribution >= 4 is 5.97 Å². The quantitative estimate of drug-likeness (QED) is 0.730. The van der Waals surface area contributed by atoms with Crippen molar-refractivity contribution in [3.05, 3.63) is 0 Å². The average Bonchev–Trinajstić information content (AvgIpc) is 2.15. The highest BCUT2D eigenvalue weighted by Gasteiger charge is 2.30. The molecule has 0 saturated heterocycles. The maximum absolute atomic E-state index is 10.9. The van der Waals surface area contributed by atoms with Crippen molar-refractivity contribution in [2.45, 2.75) is 51.6 Å². The van der Waals surface area contributed by atoms with Gasteiger partial charge < -0.3 is 10.2 Å². The van der Waals surface area contributed by atoms with E-state index in [-0.39, 0.29) is 17.9 Å². The summed E-state index contributed by atoms with van der Waals surface area (Å²) in [6.45, 7) is 1.76. The second kappa shape index (κ2) is 5.35. The molecule has 82 valence electrons. The molecule has 3 nitrogen and oxygen atoms in total. The summed E-state index contributed by atoms with van der Waals surface area (Å²) in [5, 5.41) is 18.2. The van der Waals surface area contributed by atoms with E-state index < -0.39 is 5.97 Å². The lowest BCUT2D eigenvalue weighted by Crippen LogP contribution is -2.27. The first-order valence-electron chi connectivity index (χ1n) is 5.52. The summed E-state index contributed by atoms with van der Waals surface area (Å²) in [7, 11) is 0. The van der Waals surface area contributed by atoms with Crippen molar-refractivity contribution in [2.75, 3.05) is 0 Å². The highest BCUT2D eigenvalue weighted by atomic mass is 16.4. The minimum absolute atomic E-state index is 0.164. The van der Waals surface area contributed by atoms with Gasteiger partial charge in [-0.1, -0.05) is 12.8 Å². The van der Waals surface area contributed by atoms with E-state index in [0.29, 0.717) is 0 Å². The number of rotatable bonds is 4. The van der Waals surface area contributed by atoms with Crippen molar-refractivity contribution in [3.8, 4) is 0 Å². The molecule has 1 aliphatic rings. The molecule has 3 atom stereocenters. The molecule has 0 aliphatic heterocycles. The van der Waals surface area contributed by atoms with Gasteiger partial charge in [-0.2, -0.15) is 0 Å². The van der Waals surface area contributed by atoms with E-state index in [1.54, 1.807) is 6.92 Å². The van der Waals surface area contributed by atoms with E-state index in [4.69, 9.17) is 10.2 Å². The Morgan fingerprint density at radius 1 is 1.43 bits per heavy atom. The molecule has 2 N–H and O–H groups in total. The summed E-state index contributed by atoms with van der Waals surface area (Å²) in [5.41, 5.74) is 0. The second-order valence-corrected chi connectivity index (χ2v) is 4.42. The molecule has 0 radical (unpaired) electrons. The van der Waals surface area contributed by atoms with Gasteiger partial charge in [0.1, 0.15) is 0 Å². The first-order chi connectivity index (χ1) is 6.61. The van der Waals surface area contributed by atoms with Gasteiger partial charge in [0.15, 0.2) is 0 Å². The van der Waals surface area contributed by atoms with E-state index in [1.807, 2.05) is 0 Å². The molecule has 0 spiro atoms. The van der Waals surface area contributed by atoms with Crippen LogP contribution in [0.4, 0.5) is 0 Å². The van der Waals surface area contributed by atoms with Crippen molar-refractivity contribution in [3.63, 3.8) is 0 Å². The Hall–Kier alpha value is -0.570. The maximum atomic E-state index is 10.9. The standard InChI is InChI=1S/C11H20O3/c1-8(12)6-7-9-4-2-3-5-10(9)11(13)14/h8-10,12H,2-7H2,1H3,(H,13,14). The highest BCUT2D eigenvalue weighted by molar-refractivity contribution is 5.70. The number of hydrogen-bond acceptors (Lipinski definition) is 2. The van der Waals surface area contributed by atoms with Gasteiger partial charge in [-0.05, 0) is 38.5 Å². The Labute approximate surface area is 85.1 Å². The van der Waals surface area contributed by atoms with Crippen LogP contribution in [0.5, 0.6) is 0 Å². The highest BCUT2D eigenvalue weighted by Crippen LogP contribution is 2.33. The van der Waals surface area contributed by atoms with Crippen molar-refractivity contribution in [2.24, 2.45) is 11.8 Å². The summed E-state index contributed by atoms with van der Waals surface area (Å²) in [6, 6.07) is 0. The van der Waals surface area contributed by atoms with Gasteiger partial charge in [0.2, 0.25) is 0 Å². The van der Waals surface area contributed by atoms with E-state index in [0.717, 1.165) is 38.5 Å². The number of hydrogen-bond donors (Lipinski definition) is 2. The number of aliphatic hydroxyl groups excluding tert-OH is 1. The number of carbonyl (C=O) groups is 1. The topological polar surface area (TPSA) is 57.5 Å². The fourth-order valence-electron chi connectivity index (χ4n) is 2.33. The monoisotopic (exact) mass is 200 g/mol. The summed E-state index contributed by atoms with van der Waals surface area (Å²) >= 11 is 0. The first-order valence-corrected chi connectivity index (χ1v) is 5.52. The Balaban J connectivity index is 2.42. The molecule has 3 unspecified atom stereocenters. The third-order valence-electron chi connectivity index (χ3n) is 3.18. The van der Waals surface area contributed by atoms with Gasteiger partial charge in [0.05, 0.1) is 12.0 Å². The van der Waals surface area contributed by atoms with Crippen LogP contribution in [0.2, 0.25) is 0 Å². The fourth-order valence-corrected chi connectivity index (χ4v) is 2.33. The van der Waals surface area contributed by atoms with E-state index in [1.165, 1.54) is 0 Å². The Morgan fingerprint density at radius 2 is 2.07 bits per heavy atom. The third kappa shape index (κ3) is 3.29. The number of carboxylic acids is 1. The Kier molecular flexibility index (Phi) is 4.39. The van der Waals surface area contributed by atoms with Crippen LogP contribution >= 0.6 is 0 Å². The zero-order chi connectivity index (χ0) is 10.6. The average molecular weight is 200 g/mol. The normalized spacial score (nSPS) is 29.9. The van der Waals surface area contributed by atoms with Gasteiger partial charge in [0.25, 0.3) is 0 Å². The molecule has 0 aromatic rings. The first kappa shape index (κ1) is 11.5. The smallest absolute Gasteiger partial charge is 0.306 e. The molecule has 0 bridgehead atoms. The number of carboxylic acid groups (broad SMARTS) is 1. The minimum Gasteiger partial charge on any atom is -0.481 e. The molecule has 14 heavy (non-hydrogen) atoms. The van der Waals surface area contributed by atoms with Crippen LogP contribution in [0.25, 0.3) is 0 Å². The zero-order valence-electron chi connectivity index (χ0n) is 8.78. The lowest BCUT2D eigenvalue weighted by Gasteiger charge is -2.28. The van der Waals surface area contributed by atoms with Crippen LogP contribution < -0.4 is 0 Å². The Bertz CT molecular complexity index is 189. The molecule has 3 heteroatoms. The van der Waals surface area contributed by atoms with E-state index in [9.17, 15) is 4.79 Å². The van der Waals surface area contributed by atoms with Crippen LogP contribution in [-0.2, 0) is 4.79 Å². The van der Waals surface area contributed by atoms with Crippen molar-refractivity contribution in [1.82, 2.24) is 0 Å². The Morgan fingerprint density at radius 3 is 2.64 bits per heavy atom. The fraction of sp³-hybridized carbons (Fsp3) is 0.909. The van der Waals surface area contributed by atoms with Crippen LogP contribution in [0.1, 0.15) is 45.4 Å². The van der Waals surface area contributed by atoms with Gasteiger partial charge in [-0.25, -0.2) is 0 Å². The summed E-state index contributed by atoms with van der Waals surface area (Å²) in [5.74, 6) is -0.529. The molecule has 1 fully saturated rings. The molecule has 0 aromatic carbocycles. The predicted molar refractivity (Wildman–Crippen MR) is 54.0 cm³/mol. The third-order valence-corrected chi connectivity index (χ3v) is 3.18.